The lowest BCUT2D eigenvalue weighted by Gasteiger charge is -2.31. The van der Waals surface area contributed by atoms with Crippen LogP contribution in [0.3, 0.4) is 0 Å². The molecule has 1 saturated carbocycles. The molecule has 0 aliphatic heterocycles. The molecule has 3 amide bonds. The van der Waals surface area contributed by atoms with E-state index in [4.69, 9.17) is 4.74 Å². The van der Waals surface area contributed by atoms with Crippen LogP contribution >= 0.6 is 11.3 Å². The molecule has 3 rings (SSSR count). The molecule has 1 atom stereocenters. The highest BCUT2D eigenvalue weighted by Crippen LogP contribution is 2.24. The number of ether oxygens (including phenoxy) is 1. The largest absolute Gasteiger partial charge is 0.465 e. The van der Waals surface area contributed by atoms with Crippen molar-refractivity contribution in [2.24, 2.45) is 0 Å². The standard InChI is InChI=1S/C23H28N4O5S/c1-2-32-20(29)15-27(19(28)14-25-22(30)18-10-6-12-33-18)21(16-7-5-11-24-13-16)23(31)26-17-8-3-4-9-17/h5-7,10-13,17,21H,2-4,8-9,14-15H2,1H3,(H,25,30)(H,26,31)/t21-/m0/s1. The molecule has 0 saturated heterocycles. The highest BCUT2D eigenvalue weighted by atomic mass is 32.1. The number of hydrogen-bond acceptors (Lipinski definition) is 7. The predicted octanol–water partition coefficient (Wildman–Crippen LogP) is 2.06. The quantitative estimate of drug-likeness (QED) is 0.511. The van der Waals surface area contributed by atoms with E-state index in [1.165, 1.54) is 17.5 Å². The minimum atomic E-state index is -1.09. The number of carbonyl (C=O) groups excluding carboxylic acids is 4. The van der Waals surface area contributed by atoms with Gasteiger partial charge in [-0.25, -0.2) is 0 Å². The molecular weight excluding hydrogens is 444 g/mol. The summed E-state index contributed by atoms with van der Waals surface area (Å²) < 4.78 is 5.04. The second-order valence-corrected chi connectivity index (χ2v) is 8.61. The molecule has 1 aliphatic carbocycles. The van der Waals surface area contributed by atoms with Crippen molar-refractivity contribution in [2.75, 3.05) is 19.7 Å². The Balaban J connectivity index is 1.83. The number of hydrogen-bond donors (Lipinski definition) is 2. The minimum Gasteiger partial charge on any atom is -0.465 e. The van der Waals surface area contributed by atoms with Crippen LogP contribution in [0.5, 0.6) is 0 Å². The first kappa shape index (κ1) is 24.4. The van der Waals surface area contributed by atoms with Gasteiger partial charge in [0.25, 0.3) is 5.91 Å². The number of esters is 1. The van der Waals surface area contributed by atoms with Gasteiger partial charge in [0.2, 0.25) is 11.8 Å². The summed E-state index contributed by atoms with van der Waals surface area (Å²) in [6, 6.07) is 5.66. The van der Waals surface area contributed by atoms with Gasteiger partial charge in [0.15, 0.2) is 0 Å². The van der Waals surface area contributed by atoms with Crippen molar-refractivity contribution in [2.45, 2.75) is 44.7 Å². The van der Waals surface area contributed by atoms with Gasteiger partial charge >= 0.3 is 5.97 Å². The second-order valence-electron chi connectivity index (χ2n) is 7.67. The molecule has 176 valence electrons. The van der Waals surface area contributed by atoms with Crippen LogP contribution in [0.2, 0.25) is 0 Å². The molecule has 0 radical (unpaired) electrons. The van der Waals surface area contributed by atoms with Gasteiger partial charge in [-0.3, -0.25) is 24.2 Å². The van der Waals surface area contributed by atoms with Crippen molar-refractivity contribution < 1.29 is 23.9 Å². The van der Waals surface area contributed by atoms with Crippen LogP contribution in [-0.4, -0.2) is 59.3 Å². The van der Waals surface area contributed by atoms with E-state index in [9.17, 15) is 19.2 Å². The van der Waals surface area contributed by atoms with Crippen LogP contribution in [0.4, 0.5) is 0 Å². The van der Waals surface area contributed by atoms with E-state index < -0.39 is 36.3 Å². The van der Waals surface area contributed by atoms with Crippen LogP contribution in [0, 0.1) is 0 Å². The Labute approximate surface area is 196 Å². The fourth-order valence-corrected chi connectivity index (χ4v) is 4.42. The summed E-state index contributed by atoms with van der Waals surface area (Å²) in [6.07, 6.45) is 6.86. The molecule has 9 nitrogen and oxygen atoms in total. The van der Waals surface area contributed by atoms with Gasteiger partial charge in [-0.1, -0.05) is 25.0 Å². The Morgan fingerprint density at radius 3 is 2.64 bits per heavy atom. The molecule has 1 fully saturated rings. The molecule has 2 aromatic rings. The molecule has 0 spiro atoms. The summed E-state index contributed by atoms with van der Waals surface area (Å²) in [7, 11) is 0. The monoisotopic (exact) mass is 472 g/mol. The van der Waals surface area contributed by atoms with Crippen LogP contribution in [0.25, 0.3) is 0 Å². The maximum atomic E-state index is 13.3. The molecule has 2 heterocycles. The van der Waals surface area contributed by atoms with Crippen LogP contribution < -0.4 is 10.6 Å². The lowest BCUT2D eigenvalue weighted by Crippen LogP contribution is -2.50. The van der Waals surface area contributed by atoms with Crippen molar-refractivity contribution in [3.63, 3.8) is 0 Å². The Hall–Kier alpha value is -3.27. The minimum absolute atomic E-state index is 0.0229. The van der Waals surface area contributed by atoms with E-state index in [1.807, 2.05) is 0 Å². The third kappa shape index (κ3) is 6.85. The van der Waals surface area contributed by atoms with Gasteiger partial charge in [-0.15, -0.1) is 11.3 Å². The number of nitrogens with one attached hydrogen (secondary N) is 2. The summed E-state index contributed by atoms with van der Waals surface area (Å²) in [4.78, 5) is 56.9. The zero-order chi connectivity index (χ0) is 23.6. The predicted molar refractivity (Wildman–Crippen MR) is 122 cm³/mol. The molecule has 0 unspecified atom stereocenters. The molecular formula is C23H28N4O5S. The number of carbonyl (C=O) groups is 4. The summed E-state index contributed by atoms with van der Waals surface area (Å²) in [5.74, 6) is -2.01. The Bertz CT molecular complexity index is 945. The maximum Gasteiger partial charge on any atom is 0.325 e. The van der Waals surface area contributed by atoms with E-state index in [0.717, 1.165) is 30.6 Å². The summed E-state index contributed by atoms with van der Waals surface area (Å²) in [5.41, 5.74) is 0.468. The van der Waals surface area contributed by atoms with E-state index in [0.29, 0.717) is 10.4 Å². The highest BCUT2D eigenvalue weighted by molar-refractivity contribution is 7.12. The Morgan fingerprint density at radius 2 is 2.00 bits per heavy atom. The number of pyridine rings is 1. The molecule has 2 N–H and O–H groups in total. The third-order valence-electron chi connectivity index (χ3n) is 5.33. The number of nitrogens with zero attached hydrogens (tertiary/aromatic N) is 2. The van der Waals surface area contributed by atoms with Gasteiger partial charge in [-0.05, 0) is 37.3 Å². The fraction of sp³-hybridized carbons (Fsp3) is 0.435. The second kappa shape index (κ2) is 12.1. The van der Waals surface area contributed by atoms with Gasteiger partial charge < -0.3 is 20.3 Å². The highest BCUT2D eigenvalue weighted by Gasteiger charge is 2.35. The number of amides is 3. The van der Waals surface area contributed by atoms with Crippen LogP contribution in [0.1, 0.15) is 53.9 Å². The molecule has 2 aromatic heterocycles. The van der Waals surface area contributed by atoms with E-state index in [-0.39, 0.29) is 19.2 Å². The zero-order valence-electron chi connectivity index (χ0n) is 18.5. The van der Waals surface area contributed by atoms with Gasteiger partial charge in [0, 0.05) is 24.0 Å². The van der Waals surface area contributed by atoms with Crippen LogP contribution in [0.15, 0.2) is 42.0 Å². The first-order valence-corrected chi connectivity index (χ1v) is 11.8. The number of thiophene rings is 1. The number of aromatic nitrogens is 1. The molecule has 1 aliphatic rings. The lowest BCUT2D eigenvalue weighted by molar-refractivity contribution is -0.152. The van der Waals surface area contributed by atoms with Crippen molar-refractivity contribution in [3.05, 3.63) is 52.5 Å². The smallest absolute Gasteiger partial charge is 0.325 e. The van der Waals surface area contributed by atoms with Crippen molar-refractivity contribution >= 4 is 35.0 Å². The fourth-order valence-electron chi connectivity index (χ4n) is 3.78. The van der Waals surface area contributed by atoms with Gasteiger partial charge in [0.05, 0.1) is 18.0 Å². The Kier molecular flexibility index (Phi) is 8.94. The Morgan fingerprint density at radius 1 is 1.21 bits per heavy atom. The van der Waals surface area contributed by atoms with Crippen molar-refractivity contribution in [1.82, 2.24) is 20.5 Å². The SMILES string of the molecule is CCOC(=O)CN(C(=O)CNC(=O)c1cccs1)[C@H](C(=O)NC1CCCC1)c1cccnc1. The van der Waals surface area contributed by atoms with Gasteiger partial charge in [0.1, 0.15) is 12.6 Å². The summed E-state index contributed by atoms with van der Waals surface area (Å²) in [5, 5.41) is 7.34. The molecule has 33 heavy (non-hydrogen) atoms. The first-order valence-electron chi connectivity index (χ1n) is 11.0. The van der Waals surface area contributed by atoms with Crippen molar-refractivity contribution in [1.29, 1.82) is 0 Å². The van der Waals surface area contributed by atoms with Crippen LogP contribution in [-0.2, 0) is 19.1 Å². The summed E-state index contributed by atoms with van der Waals surface area (Å²) >= 11 is 1.25. The van der Waals surface area contributed by atoms with E-state index >= 15 is 0 Å². The first-order chi connectivity index (χ1) is 16.0. The van der Waals surface area contributed by atoms with E-state index in [1.54, 1.807) is 42.8 Å². The molecule has 10 heteroatoms. The third-order valence-corrected chi connectivity index (χ3v) is 6.20. The average Bonchev–Trinajstić information content (AvgIpc) is 3.52. The lowest BCUT2D eigenvalue weighted by atomic mass is 10.1. The maximum absolute atomic E-state index is 13.3. The zero-order valence-corrected chi connectivity index (χ0v) is 19.3. The summed E-state index contributed by atoms with van der Waals surface area (Å²) in [6.45, 7) is 1.00. The van der Waals surface area contributed by atoms with Gasteiger partial charge in [-0.2, -0.15) is 0 Å². The molecule has 0 bridgehead atoms. The number of rotatable bonds is 10. The normalized spacial score (nSPS) is 14.3. The van der Waals surface area contributed by atoms with E-state index in [2.05, 4.69) is 15.6 Å². The topological polar surface area (TPSA) is 118 Å². The van der Waals surface area contributed by atoms with Crippen molar-refractivity contribution in [3.8, 4) is 0 Å². The molecule has 0 aromatic carbocycles. The average molecular weight is 473 g/mol.